The van der Waals surface area contributed by atoms with Crippen molar-refractivity contribution in [3.8, 4) is 5.75 Å². The number of ether oxygens (including phenoxy) is 5. The van der Waals surface area contributed by atoms with Crippen LogP contribution < -0.4 is 10.1 Å². The summed E-state index contributed by atoms with van der Waals surface area (Å²) in [5, 5.41) is 2.66. The van der Waals surface area contributed by atoms with Gasteiger partial charge >= 0.3 is 11.9 Å². The van der Waals surface area contributed by atoms with E-state index in [1.807, 2.05) is 0 Å². The number of carbonyl (C=O) groups excluding carboxylic acids is 3. The van der Waals surface area contributed by atoms with Crippen LogP contribution in [-0.4, -0.2) is 55.2 Å². The molecule has 0 radical (unpaired) electrons. The molecule has 3 unspecified atom stereocenters. The van der Waals surface area contributed by atoms with Crippen molar-refractivity contribution >= 4 is 23.5 Å². The summed E-state index contributed by atoms with van der Waals surface area (Å²) in [6, 6.07) is 6.77. The zero-order valence-corrected chi connectivity index (χ0v) is 15.2. The minimum Gasteiger partial charge on any atom is -0.463 e. The molecule has 2 heterocycles. The number of benzene rings is 1. The lowest BCUT2D eigenvalue weighted by molar-refractivity contribution is -0.202. The highest BCUT2D eigenvalue weighted by Crippen LogP contribution is 2.40. The first kappa shape index (κ1) is 19.1. The summed E-state index contributed by atoms with van der Waals surface area (Å²) in [6.07, 6.45) is -2.89. The number of esters is 2. The van der Waals surface area contributed by atoms with Crippen LogP contribution >= 0.6 is 0 Å². The van der Waals surface area contributed by atoms with Crippen LogP contribution in [0.1, 0.15) is 20.8 Å². The van der Waals surface area contributed by atoms with E-state index < -0.39 is 36.5 Å². The predicted octanol–water partition coefficient (Wildman–Crippen LogP) is 1.01. The van der Waals surface area contributed by atoms with Crippen molar-refractivity contribution in [2.24, 2.45) is 0 Å². The van der Waals surface area contributed by atoms with E-state index in [1.165, 1.54) is 20.8 Å². The summed E-state index contributed by atoms with van der Waals surface area (Å²) >= 11 is 0. The molecule has 0 aromatic heterocycles. The van der Waals surface area contributed by atoms with Gasteiger partial charge in [0.2, 0.25) is 12.2 Å². The summed E-state index contributed by atoms with van der Waals surface area (Å²) < 4.78 is 27.5. The second-order valence-electron chi connectivity index (χ2n) is 6.31. The molecule has 9 nitrogen and oxygen atoms in total. The van der Waals surface area contributed by atoms with Crippen LogP contribution in [0.2, 0.25) is 0 Å². The van der Waals surface area contributed by atoms with Crippen LogP contribution in [0.25, 0.3) is 0 Å². The molecule has 5 atom stereocenters. The number of fused-ring (bicyclic) bond motifs is 1. The van der Waals surface area contributed by atoms with E-state index in [2.05, 4.69) is 5.32 Å². The van der Waals surface area contributed by atoms with Gasteiger partial charge in [0.15, 0.2) is 12.2 Å². The minimum absolute atomic E-state index is 0.0822. The topological polar surface area (TPSA) is 113 Å². The van der Waals surface area contributed by atoms with Crippen LogP contribution in [0, 0.1) is 0 Å². The van der Waals surface area contributed by atoms with E-state index in [-0.39, 0.29) is 18.6 Å². The molecule has 3 rings (SSSR count). The lowest BCUT2D eigenvalue weighted by Gasteiger charge is -2.32. The first-order chi connectivity index (χ1) is 12.8. The Hall–Kier alpha value is -2.65. The SMILES string of the molecule is CC(=O)Nc1ccc(OC2O[C@H](COC(C)=O)C(OC(C)=O)C3O[C@H]23)cc1. The zero-order valence-electron chi connectivity index (χ0n) is 15.2. The zero-order chi connectivity index (χ0) is 19.6. The van der Waals surface area contributed by atoms with E-state index >= 15 is 0 Å². The fraction of sp³-hybridized carbons (Fsp3) is 0.500. The molecular formula is C18H21NO8. The highest BCUT2D eigenvalue weighted by Gasteiger charge is 2.61. The number of hydrogen-bond donors (Lipinski definition) is 1. The number of epoxide rings is 1. The predicted molar refractivity (Wildman–Crippen MR) is 90.9 cm³/mol. The molecule has 2 saturated heterocycles. The van der Waals surface area contributed by atoms with Crippen LogP contribution in [0.15, 0.2) is 24.3 Å². The quantitative estimate of drug-likeness (QED) is 0.576. The van der Waals surface area contributed by atoms with Crippen molar-refractivity contribution in [2.75, 3.05) is 11.9 Å². The van der Waals surface area contributed by atoms with Crippen molar-refractivity contribution in [3.05, 3.63) is 24.3 Å². The van der Waals surface area contributed by atoms with Gasteiger partial charge in [0.1, 0.15) is 24.6 Å². The normalized spacial score (nSPS) is 28.5. The molecule has 1 aromatic carbocycles. The summed E-state index contributed by atoms with van der Waals surface area (Å²) in [5.41, 5.74) is 0.641. The van der Waals surface area contributed by atoms with Crippen molar-refractivity contribution < 1.29 is 38.1 Å². The van der Waals surface area contributed by atoms with E-state index in [1.54, 1.807) is 24.3 Å². The summed E-state index contributed by atoms with van der Waals surface area (Å²) in [5.74, 6) is -0.595. The molecule has 1 N–H and O–H groups in total. The maximum atomic E-state index is 11.3. The Bertz CT molecular complexity index is 719. The van der Waals surface area contributed by atoms with E-state index in [4.69, 9.17) is 23.7 Å². The number of anilines is 1. The van der Waals surface area contributed by atoms with Gasteiger partial charge in [-0.25, -0.2) is 0 Å². The van der Waals surface area contributed by atoms with Crippen LogP contribution in [-0.2, 0) is 33.3 Å². The van der Waals surface area contributed by atoms with Crippen molar-refractivity contribution in [1.82, 2.24) is 0 Å². The van der Waals surface area contributed by atoms with Crippen LogP contribution in [0.4, 0.5) is 5.69 Å². The maximum absolute atomic E-state index is 11.3. The van der Waals surface area contributed by atoms with Gasteiger partial charge in [0, 0.05) is 26.5 Å². The Morgan fingerprint density at radius 1 is 1.00 bits per heavy atom. The number of hydrogen-bond acceptors (Lipinski definition) is 8. The molecule has 0 saturated carbocycles. The monoisotopic (exact) mass is 379 g/mol. The molecular weight excluding hydrogens is 358 g/mol. The molecule has 146 valence electrons. The van der Waals surface area contributed by atoms with Gasteiger partial charge < -0.3 is 29.0 Å². The largest absolute Gasteiger partial charge is 0.463 e. The van der Waals surface area contributed by atoms with Crippen molar-refractivity contribution in [1.29, 1.82) is 0 Å². The number of carbonyl (C=O) groups is 3. The summed E-state index contributed by atoms with van der Waals surface area (Å²) in [4.78, 5) is 33.5. The second-order valence-corrected chi connectivity index (χ2v) is 6.31. The third kappa shape index (κ3) is 4.95. The molecule has 0 spiro atoms. The Morgan fingerprint density at radius 2 is 1.70 bits per heavy atom. The molecule has 0 aliphatic carbocycles. The molecule has 9 heteroatoms. The van der Waals surface area contributed by atoms with Crippen molar-refractivity contribution in [2.45, 2.75) is 51.5 Å². The van der Waals surface area contributed by atoms with E-state index in [0.717, 1.165) is 0 Å². The van der Waals surface area contributed by atoms with Crippen molar-refractivity contribution in [3.63, 3.8) is 0 Å². The molecule has 2 aliphatic rings. The van der Waals surface area contributed by atoms with Gasteiger partial charge in [-0.2, -0.15) is 0 Å². The fourth-order valence-corrected chi connectivity index (χ4v) is 2.88. The first-order valence-electron chi connectivity index (χ1n) is 8.49. The van der Waals surface area contributed by atoms with Crippen LogP contribution in [0.5, 0.6) is 5.75 Å². The Morgan fingerprint density at radius 3 is 2.30 bits per heavy atom. The molecule has 2 fully saturated rings. The van der Waals surface area contributed by atoms with Gasteiger partial charge in [-0.3, -0.25) is 14.4 Å². The third-order valence-electron chi connectivity index (χ3n) is 4.01. The molecule has 1 amide bonds. The van der Waals surface area contributed by atoms with Gasteiger partial charge in [0.25, 0.3) is 0 Å². The lowest BCUT2D eigenvalue weighted by Crippen LogP contribution is -2.51. The number of nitrogens with one attached hydrogen (secondary N) is 1. The Balaban J connectivity index is 1.65. The third-order valence-corrected chi connectivity index (χ3v) is 4.01. The fourth-order valence-electron chi connectivity index (χ4n) is 2.88. The lowest BCUT2D eigenvalue weighted by atomic mass is 10.0. The average molecular weight is 379 g/mol. The summed E-state index contributed by atoms with van der Waals surface area (Å²) in [6.45, 7) is 3.92. The minimum atomic E-state index is -0.742. The van der Waals surface area contributed by atoms with E-state index in [9.17, 15) is 14.4 Å². The average Bonchev–Trinajstić information content (AvgIpc) is 3.37. The van der Waals surface area contributed by atoms with E-state index in [0.29, 0.717) is 11.4 Å². The second kappa shape index (κ2) is 7.93. The molecule has 0 bridgehead atoms. The smallest absolute Gasteiger partial charge is 0.303 e. The number of rotatable bonds is 6. The summed E-state index contributed by atoms with van der Waals surface area (Å²) in [7, 11) is 0. The van der Waals surface area contributed by atoms with Gasteiger partial charge in [-0.1, -0.05) is 0 Å². The molecule has 2 aliphatic heterocycles. The van der Waals surface area contributed by atoms with Gasteiger partial charge in [-0.15, -0.1) is 0 Å². The maximum Gasteiger partial charge on any atom is 0.303 e. The molecule has 27 heavy (non-hydrogen) atoms. The van der Waals surface area contributed by atoms with Gasteiger partial charge in [0.05, 0.1) is 0 Å². The Kier molecular flexibility index (Phi) is 5.62. The highest BCUT2D eigenvalue weighted by atomic mass is 16.8. The standard InChI is InChI=1S/C18H21NO8/c1-9(20)19-12-4-6-13(7-5-12)25-18-17-16(27-17)15(24-11(3)22)14(26-18)8-23-10(2)21/h4-7,14-18H,8H2,1-3H3,(H,19,20)/t14-,15?,16?,17+,18?/m1/s1. The van der Waals surface area contributed by atoms with Crippen LogP contribution in [0.3, 0.4) is 0 Å². The molecule has 1 aromatic rings. The highest BCUT2D eigenvalue weighted by molar-refractivity contribution is 5.88. The number of amides is 1. The van der Waals surface area contributed by atoms with Gasteiger partial charge in [-0.05, 0) is 24.3 Å². The first-order valence-corrected chi connectivity index (χ1v) is 8.49. The Labute approximate surface area is 155 Å².